The highest BCUT2D eigenvalue weighted by Gasteiger charge is 2.20. The topological polar surface area (TPSA) is 16.8 Å². The summed E-state index contributed by atoms with van der Waals surface area (Å²) in [5, 5.41) is 0. The van der Waals surface area contributed by atoms with Crippen LogP contribution in [0, 0.1) is 6.57 Å². The van der Waals surface area contributed by atoms with E-state index in [1.54, 1.807) is 7.11 Å². The second kappa shape index (κ2) is 6.53. The summed E-state index contributed by atoms with van der Waals surface area (Å²) in [6, 6.07) is 7.80. The summed E-state index contributed by atoms with van der Waals surface area (Å²) in [6.07, 6.45) is 0. The fraction of sp³-hybridized carbons (Fsp3) is 0.533. The molecule has 0 unspecified atom stereocenters. The van der Waals surface area contributed by atoms with E-state index in [0.29, 0.717) is 5.69 Å². The predicted molar refractivity (Wildman–Crippen MR) is 74.7 cm³/mol. The highest BCUT2D eigenvalue weighted by molar-refractivity contribution is 5.45. The Balaban J connectivity index is 2.73. The molecule has 0 aromatic heterocycles. The molecule has 0 N–H and O–H groups in total. The average molecular weight is 246 g/mol. The Morgan fingerprint density at radius 2 is 1.83 bits per heavy atom. The maximum absolute atomic E-state index is 6.94. The molecule has 1 aromatic carbocycles. The van der Waals surface area contributed by atoms with Gasteiger partial charge in [0.1, 0.15) is 0 Å². The summed E-state index contributed by atoms with van der Waals surface area (Å²) in [5.74, 6) is 0. The lowest BCUT2D eigenvalue weighted by molar-refractivity contribution is 0.0807. The standard InChI is InChI=1S/C15H22N2O/c1-15(2,3)17(10-11-18-5)12-13-6-8-14(16-4)9-7-13/h6-9H,10-12H2,1-3,5H3. The third kappa shape index (κ3) is 4.48. The van der Waals surface area contributed by atoms with E-state index in [4.69, 9.17) is 11.3 Å². The van der Waals surface area contributed by atoms with Crippen molar-refractivity contribution in [2.75, 3.05) is 20.3 Å². The van der Waals surface area contributed by atoms with Crippen LogP contribution in [0.25, 0.3) is 4.85 Å². The highest BCUT2D eigenvalue weighted by atomic mass is 16.5. The summed E-state index contributed by atoms with van der Waals surface area (Å²) in [6.45, 7) is 16.1. The van der Waals surface area contributed by atoms with E-state index in [1.807, 2.05) is 24.3 Å². The van der Waals surface area contributed by atoms with Crippen LogP contribution in [0.3, 0.4) is 0 Å². The van der Waals surface area contributed by atoms with Crippen LogP contribution in [0.2, 0.25) is 0 Å². The van der Waals surface area contributed by atoms with Crippen LogP contribution >= 0.6 is 0 Å². The van der Waals surface area contributed by atoms with Crippen LogP contribution in [0.1, 0.15) is 26.3 Å². The number of rotatable bonds is 5. The smallest absolute Gasteiger partial charge is 0.187 e. The molecule has 0 aliphatic carbocycles. The summed E-state index contributed by atoms with van der Waals surface area (Å²) >= 11 is 0. The molecular weight excluding hydrogens is 224 g/mol. The van der Waals surface area contributed by atoms with E-state index < -0.39 is 0 Å². The van der Waals surface area contributed by atoms with Crippen LogP contribution in [0.4, 0.5) is 5.69 Å². The van der Waals surface area contributed by atoms with Gasteiger partial charge in [-0.1, -0.05) is 24.3 Å². The Bertz CT molecular complexity index is 398. The Hall–Kier alpha value is -1.37. The number of benzene rings is 1. The molecule has 18 heavy (non-hydrogen) atoms. The van der Waals surface area contributed by atoms with E-state index in [9.17, 15) is 0 Å². The fourth-order valence-corrected chi connectivity index (χ4v) is 1.75. The van der Waals surface area contributed by atoms with Gasteiger partial charge in [-0.05, 0) is 26.3 Å². The van der Waals surface area contributed by atoms with Crippen molar-refractivity contribution in [2.45, 2.75) is 32.9 Å². The van der Waals surface area contributed by atoms with E-state index in [-0.39, 0.29) is 5.54 Å². The van der Waals surface area contributed by atoms with E-state index in [0.717, 1.165) is 19.7 Å². The number of ether oxygens (including phenoxy) is 1. The summed E-state index contributed by atoms with van der Waals surface area (Å²) in [4.78, 5) is 5.78. The average Bonchev–Trinajstić information content (AvgIpc) is 2.34. The third-order valence-corrected chi connectivity index (χ3v) is 2.95. The molecule has 0 saturated heterocycles. The van der Waals surface area contributed by atoms with Crippen molar-refractivity contribution in [2.24, 2.45) is 0 Å². The number of hydrogen-bond acceptors (Lipinski definition) is 2. The van der Waals surface area contributed by atoms with Gasteiger partial charge in [-0.2, -0.15) is 0 Å². The molecule has 0 aliphatic heterocycles. The third-order valence-electron chi connectivity index (χ3n) is 2.95. The van der Waals surface area contributed by atoms with Gasteiger partial charge in [0.2, 0.25) is 0 Å². The minimum absolute atomic E-state index is 0.108. The van der Waals surface area contributed by atoms with Crippen molar-refractivity contribution in [1.29, 1.82) is 0 Å². The molecule has 0 saturated carbocycles. The monoisotopic (exact) mass is 246 g/mol. The molecule has 0 heterocycles. The SMILES string of the molecule is [C-]#[N+]c1ccc(CN(CCOC)C(C)(C)C)cc1. The van der Waals surface area contributed by atoms with Crippen molar-refractivity contribution in [3.8, 4) is 0 Å². The molecule has 0 amide bonds. The van der Waals surface area contributed by atoms with E-state index >= 15 is 0 Å². The Kier molecular flexibility index (Phi) is 5.33. The molecular formula is C15H22N2O. The van der Waals surface area contributed by atoms with Gasteiger partial charge in [-0.15, -0.1) is 0 Å². The van der Waals surface area contributed by atoms with Crippen LogP contribution in [-0.2, 0) is 11.3 Å². The van der Waals surface area contributed by atoms with Gasteiger partial charge in [-0.25, -0.2) is 4.85 Å². The van der Waals surface area contributed by atoms with Gasteiger partial charge in [-0.3, -0.25) is 4.90 Å². The normalized spacial score (nSPS) is 11.6. The second-order valence-corrected chi connectivity index (χ2v) is 5.36. The molecule has 98 valence electrons. The molecule has 0 radical (unpaired) electrons. The predicted octanol–water partition coefficient (Wildman–Crippen LogP) is 3.48. The molecule has 0 aliphatic rings. The van der Waals surface area contributed by atoms with Gasteiger partial charge >= 0.3 is 0 Å². The van der Waals surface area contributed by atoms with Crippen molar-refractivity contribution in [3.63, 3.8) is 0 Å². The van der Waals surface area contributed by atoms with Crippen molar-refractivity contribution < 1.29 is 4.74 Å². The van der Waals surface area contributed by atoms with Crippen molar-refractivity contribution in [1.82, 2.24) is 4.90 Å². The number of hydrogen-bond donors (Lipinski definition) is 0. The first-order valence-corrected chi connectivity index (χ1v) is 6.18. The summed E-state index contributed by atoms with van der Waals surface area (Å²) in [5.41, 5.74) is 2.03. The minimum Gasteiger partial charge on any atom is -0.383 e. The van der Waals surface area contributed by atoms with Crippen LogP contribution < -0.4 is 0 Å². The quantitative estimate of drug-likeness (QED) is 0.740. The Morgan fingerprint density at radius 1 is 1.22 bits per heavy atom. The zero-order valence-electron chi connectivity index (χ0n) is 11.7. The Morgan fingerprint density at radius 3 is 2.28 bits per heavy atom. The zero-order valence-corrected chi connectivity index (χ0v) is 11.7. The number of nitrogens with zero attached hydrogens (tertiary/aromatic N) is 2. The maximum Gasteiger partial charge on any atom is 0.187 e. The fourth-order valence-electron chi connectivity index (χ4n) is 1.75. The first-order valence-electron chi connectivity index (χ1n) is 6.18. The molecule has 0 fully saturated rings. The van der Waals surface area contributed by atoms with Crippen LogP contribution in [-0.4, -0.2) is 30.7 Å². The van der Waals surface area contributed by atoms with E-state index in [2.05, 4.69) is 30.5 Å². The molecule has 0 atom stereocenters. The van der Waals surface area contributed by atoms with Crippen LogP contribution in [0.5, 0.6) is 0 Å². The summed E-state index contributed by atoms with van der Waals surface area (Å²) in [7, 11) is 1.73. The zero-order chi connectivity index (χ0) is 13.6. The molecule has 0 spiro atoms. The first-order chi connectivity index (χ1) is 8.47. The maximum atomic E-state index is 6.94. The van der Waals surface area contributed by atoms with Crippen molar-refractivity contribution >= 4 is 5.69 Å². The Labute approximate surface area is 110 Å². The molecule has 3 heteroatoms. The van der Waals surface area contributed by atoms with Gasteiger partial charge in [0.25, 0.3) is 0 Å². The lowest BCUT2D eigenvalue weighted by Crippen LogP contribution is -2.42. The number of methoxy groups -OCH3 is 1. The van der Waals surface area contributed by atoms with Gasteiger partial charge < -0.3 is 4.74 Å². The van der Waals surface area contributed by atoms with Gasteiger partial charge in [0.15, 0.2) is 5.69 Å². The first kappa shape index (κ1) is 14.7. The molecule has 3 nitrogen and oxygen atoms in total. The highest BCUT2D eigenvalue weighted by Crippen LogP contribution is 2.19. The summed E-state index contributed by atoms with van der Waals surface area (Å²) < 4.78 is 5.16. The minimum atomic E-state index is 0.108. The molecule has 1 rings (SSSR count). The van der Waals surface area contributed by atoms with Crippen molar-refractivity contribution in [3.05, 3.63) is 41.2 Å². The van der Waals surface area contributed by atoms with Crippen LogP contribution in [0.15, 0.2) is 24.3 Å². The lowest BCUT2D eigenvalue weighted by Gasteiger charge is -2.35. The van der Waals surface area contributed by atoms with Gasteiger partial charge in [0, 0.05) is 25.7 Å². The lowest BCUT2D eigenvalue weighted by atomic mass is 10.0. The molecule has 0 bridgehead atoms. The molecule has 1 aromatic rings. The van der Waals surface area contributed by atoms with Gasteiger partial charge in [0.05, 0.1) is 13.2 Å². The second-order valence-electron chi connectivity index (χ2n) is 5.36. The van der Waals surface area contributed by atoms with E-state index in [1.165, 1.54) is 5.56 Å². The largest absolute Gasteiger partial charge is 0.383 e.